The highest BCUT2D eigenvalue weighted by Crippen LogP contribution is 2.46. The number of ketones is 1. The van der Waals surface area contributed by atoms with Crippen molar-refractivity contribution in [3.8, 4) is 17.2 Å². The lowest BCUT2D eigenvalue weighted by Gasteiger charge is -2.49. The van der Waals surface area contributed by atoms with Crippen LogP contribution in [-0.4, -0.2) is 84.3 Å². The lowest BCUT2D eigenvalue weighted by atomic mass is 9.74. The molecule has 0 spiro atoms. The minimum absolute atomic E-state index is 0.0356. The number of aromatic hydroxyl groups is 2. The summed E-state index contributed by atoms with van der Waals surface area (Å²) in [5.74, 6) is -3.27. The van der Waals surface area contributed by atoms with Gasteiger partial charge in [-0.1, -0.05) is 32.1 Å². The first-order chi connectivity index (χ1) is 17.9. The average molecular weight is 535 g/mol. The quantitative estimate of drug-likeness (QED) is 0.203. The van der Waals surface area contributed by atoms with E-state index in [1.807, 2.05) is 0 Å². The van der Waals surface area contributed by atoms with Crippen LogP contribution < -0.4 is 4.74 Å². The molecule has 4 rings (SSSR count). The van der Waals surface area contributed by atoms with Gasteiger partial charge in [0.25, 0.3) is 0 Å². The summed E-state index contributed by atoms with van der Waals surface area (Å²) in [6.07, 6.45) is -1.89. The van der Waals surface area contributed by atoms with Gasteiger partial charge in [-0.15, -0.1) is 0 Å². The fraction of sp³-hybridized carbons (Fsp3) is 0.556. The maximum Gasteiger partial charge on any atom is 0.335 e. The molecule has 1 aliphatic heterocycles. The van der Waals surface area contributed by atoms with Crippen molar-refractivity contribution in [2.24, 2.45) is 5.92 Å². The van der Waals surface area contributed by atoms with Gasteiger partial charge >= 0.3 is 5.97 Å². The SMILES string of the molecule is CC(=O)c1c(C)c(O)c2cc(C(=O)O)cc(OC3OC(CO)C(O)(CC4CCCCC4)C(O)C3O)c2c1O. The normalized spacial score (nSPS) is 28.4. The van der Waals surface area contributed by atoms with Crippen molar-refractivity contribution in [1.82, 2.24) is 0 Å². The van der Waals surface area contributed by atoms with Crippen molar-refractivity contribution in [1.29, 1.82) is 0 Å². The van der Waals surface area contributed by atoms with E-state index in [2.05, 4.69) is 0 Å². The van der Waals surface area contributed by atoms with E-state index in [9.17, 15) is 45.3 Å². The fourth-order valence-electron chi connectivity index (χ4n) is 5.84. The van der Waals surface area contributed by atoms with E-state index in [1.165, 1.54) is 13.8 Å². The van der Waals surface area contributed by atoms with E-state index < -0.39 is 60.1 Å². The third-order valence-electron chi connectivity index (χ3n) is 7.88. The number of aromatic carboxylic acids is 1. The van der Waals surface area contributed by atoms with E-state index in [0.717, 1.165) is 44.2 Å². The molecule has 5 unspecified atom stereocenters. The van der Waals surface area contributed by atoms with E-state index in [4.69, 9.17) is 9.47 Å². The Morgan fingerprint density at radius 2 is 1.76 bits per heavy atom. The molecular weight excluding hydrogens is 500 g/mol. The monoisotopic (exact) mass is 534 g/mol. The number of carbonyl (C=O) groups is 2. The number of Topliss-reactive ketones (excluding diaryl/α,β-unsaturated/α-hetero) is 1. The molecule has 5 atom stereocenters. The number of carbonyl (C=O) groups excluding carboxylic acids is 1. The molecule has 1 aliphatic carbocycles. The Labute approximate surface area is 218 Å². The van der Waals surface area contributed by atoms with Crippen LogP contribution in [0.1, 0.15) is 71.7 Å². The van der Waals surface area contributed by atoms with Crippen molar-refractivity contribution in [2.45, 2.75) is 82.6 Å². The number of fused-ring (bicyclic) bond motifs is 1. The van der Waals surface area contributed by atoms with Gasteiger partial charge in [0.05, 0.1) is 23.1 Å². The third-order valence-corrected chi connectivity index (χ3v) is 7.88. The van der Waals surface area contributed by atoms with Gasteiger partial charge in [-0.3, -0.25) is 4.79 Å². The number of carboxylic acids is 1. The second-order valence-corrected chi connectivity index (χ2v) is 10.4. The minimum atomic E-state index is -1.97. The van der Waals surface area contributed by atoms with Crippen LogP contribution >= 0.6 is 0 Å². The molecule has 2 aromatic rings. The summed E-state index contributed by atoms with van der Waals surface area (Å²) in [5.41, 5.74) is -2.48. The van der Waals surface area contributed by atoms with Gasteiger partial charge in [0, 0.05) is 10.9 Å². The molecule has 2 aromatic carbocycles. The fourth-order valence-corrected chi connectivity index (χ4v) is 5.84. The van der Waals surface area contributed by atoms with Crippen LogP contribution in [0.4, 0.5) is 0 Å². The highest BCUT2D eigenvalue weighted by Gasteiger charge is 2.56. The standard InChI is InChI=1S/C27H34O11/c1-12-19(13(2)29)22(31)20-16(21(12)30)8-15(25(34)35)9-17(20)37-26-23(32)24(33)27(36,18(11-28)38-26)10-14-6-4-3-5-7-14/h8-9,14,18,23-24,26,28,30-33,36H,3-7,10-11H2,1-2H3,(H,34,35). The molecule has 11 nitrogen and oxygen atoms in total. The van der Waals surface area contributed by atoms with Crippen molar-refractivity contribution >= 4 is 22.5 Å². The summed E-state index contributed by atoms with van der Waals surface area (Å²) in [7, 11) is 0. The van der Waals surface area contributed by atoms with Crippen LogP contribution in [0, 0.1) is 12.8 Å². The highest BCUT2D eigenvalue weighted by atomic mass is 16.7. The van der Waals surface area contributed by atoms with Gasteiger partial charge in [0.1, 0.15) is 41.2 Å². The number of aliphatic hydroxyl groups is 4. The van der Waals surface area contributed by atoms with Crippen molar-refractivity contribution in [3.63, 3.8) is 0 Å². The third kappa shape index (κ3) is 4.80. The van der Waals surface area contributed by atoms with Gasteiger partial charge in [-0.05, 0) is 38.3 Å². The molecular formula is C27H34O11. The first kappa shape index (κ1) is 28.1. The van der Waals surface area contributed by atoms with Crippen LogP contribution in [0.15, 0.2) is 12.1 Å². The predicted octanol–water partition coefficient (Wildman–Crippen LogP) is 1.98. The summed E-state index contributed by atoms with van der Waals surface area (Å²) >= 11 is 0. The number of phenols is 2. The van der Waals surface area contributed by atoms with Gasteiger partial charge < -0.3 is 45.2 Å². The molecule has 0 aromatic heterocycles. The Morgan fingerprint density at radius 1 is 1.11 bits per heavy atom. The molecule has 2 fully saturated rings. The number of rotatable bonds is 7. The largest absolute Gasteiger partial charge is 0.507 e. The van der Waals surface area contributed by atoms with E-state index in [0.29, 0.717) is 0 Å². The molecule has 1 saturated heterocycles. The van der Waals surface area contributed by atoms with Gasteiger partial charge in [-0.2, -0.15) is 0 Å². The van der Waals surface area contributed by atoms with E-state index in [-0.39, 0.29) is 45.6 Å². The second kappa shape index (κ2) is 10.7. The zero-order valence-electron chi connectivity index (χ0n) is 21.3. The van der Waals surface area contributed by atoms with Crippen LogP contribution in [0.5, 0.6) is 17.2 Å². The number of carboxylic acid groups (broad SMARTS) is 1. The topological polar surface area (TPSA) is 194 Å². The van der Waals surface area contributed by atoms with Crippen LogP contribution in [0.3, 0.4) is 0 Å². The lowest BCUT2D eigenvalue weighted by Crippen LogP contribution is -2.68. The van der Waals surface area contributed by atoms with E-state index >= 15 is 0 Å². The Hall–Kier alpha value is -2.96. The molecule has 0 amide bonds. The van der Waals surface area contributed by atoms with Crippen molar-refractivity contribution in [2.75, 3.05) is 6.61 Å². The van der Waals surface area contributed by atoms with Crippen LogP contribution in [0.25, 0.3) is 10.8 Å². The summed E-state index contributed by atoms with van der Waals surface area (Å²) in [6.45, 7) is 1.87. The number of benzene rings is 2. The Bertz CT molecular complexity index is 1230. The summed E-state index contributed by atoms with van der Waals surface area (Å²) < 4.78 is 11.5. The number of hydrogen-bond acceptors (Lipinski definition) is 10. The molecule has 0 radical (unpaired) electrons. The van der Waals surface area contributed by atoms with Crippen LogP contribution in [0.2, 0.25) is 0 Å². The Balaban J connectivity index is 1.76. The van der Waals surface area contributed by atoms with Crippen molar-refractivity contribution in [3.05, 3.63) is 28.8 Å². The first-order valence-corrected chi connectivity index (χ1v) is 12.7. The molecule has 1 saturated carbocycles. The average Bonchev–Trinajstić information content (AvgIpc) is 2.87. The molecule has 11 heteroatoms. The zero-order valence-corrected chi connectivity index (χ0v) is 21.3. The highest BCUT2D eigenvalue weighted by molar-refractivity contribution is 6.11. The Kier molecular flexibility index (Phi) is 7.87. The minimum Gasteiger partial charge on any atom is -0.507 e. The predicted molar refractivity (Wildman–Crippen MR) is 134 cm³/mol. The van der Waals surface area contributed by atoms with E-state index in [1.54, 1.807) is 0 Å². The summed E-state index contributed by atoms with van der Waals surface area (Å²) in [6, 6.07) is 2.12. The van der Waals surface area contributed by atoms with Gasteiger partial charge in [0.2, 0.25) is 6.29 Å². The zero-order chi connectivity index (χ0) is 27.9. The lowest BCUT2D eigenvalue weighted by molar-refractivity contribution is -0.317. The number of aliphatic hydroxyl groups excluding tert-OH is 3. The first-order valence-electron chi connectivity index (χ1n) is 12.7. The molecule has 38 heavy (non-hydrogen) atoms. The molecule has 208 valence electrons. The maximum absolute atomic E-state index is 12.2. The van der Waals surface area contributed by atoms with Crippen molar-refractivity contribution < 1.29 is 54.8 Å². The molecule has 1 heterocycles. The summed E-state index contributed by atoms with van der Waals surface area (Å²) in [4.78, 5) is 24.0. The maximum atomic E-state index is 12.2. The molecule has 2 aliphatic rings. The van der Waals surface area contributed by atoms with Gasteiger partial charge in [0.15, 0.2) is 5.78 Å². The van der Waals surface area contributed by atoms with Gasteiger partial charge in [-0.25, -0.2) is 4.79 Å². The number of hydrogen-bond donors (Lipinski definition) is 7. The molecule has 0 bridgehead atoms. The second-order valence-electron chi connectivity index (χ2n) is 10.4. The number of ether oxygens (including phenoxy) is 2. The molecule has 7 N–H and O–H groups in total. The Morgan fingerprint density at radius 3 is 2.34 bits per heavy atom. The van der Waals surface area contributed by atoms with Crippen LogP contribution in [-0.2, 0) is 4.74 Å². The summed E-state index contributed by atoms with van der Waals surface area (Å²) in [5, 5.41) is 74.3. The number of phenolic OH excluding ortho intramolecular Hbond substituents is 2. The smallest absolute Gasteiger partial charge is 0.335 e.